The topological polar surface area (TPSA) is 94.6 Å². The monoisotopic (exact) mass is 316 g/mol. The molecule has 23 heavy (non-hydrogen) atoms. The number of rotatable bonds is 5. The maximum absolute atomic E-state index is 12.2. The molecule has 1 aromatic heterocycles. The Labute approximate surface area is 132 Å². The lowest BCUT2D eigenvalue weighted by Gasteiger charge is -2.08. The summed E-state index contributed by atoms with van der Waals surface area (Å²) in [7, 11) is 1.21. The molecule has 0 aliphatic rings. The zero-order valence-electron chi connectivity index (χ0n) is 12.8. The van der Waals surface area contributed by atoms with Gasteiger partial charge in [-0.25, -0.2) is 4.79 Å². The average Bonchev–Trinajstić information content (AvgIpc) is 2.56. The van der Waals surface area contributed by atoms with Gasteiger partial charge >= 0.3 is 11.9 Å². The molecule has 7 heteroatoms. The van der Waals surface area contributed by atoms with Gasteiger partial charge in [-0.3, -0.25) is 14.6 Å². The summed E-state index contributed by atoms with van der Waals surface area (Å²) in [6.45, 7) is 1.02. The number of benzene rings is 1. The number of para-hydroxylation sites is 1. The van der Waals surface area contributed by atoms with E-state index in [0.717, 1.165) is 0 Å². The summed E-state index contributed by atoms with van der Waals surface area (Å²) in [6.07, 6.45) is 0. The first kappa shape index (κ1) is 16.4. The molecule has 0 aliphatic carbocycles. The van der Waals surface area contributed by atoms with E-state index >= 15 is 0 Å². The van der Waals surface area contributed by atoms with Crippen LogP contribution in [-0.4, -0.2) is 43.1 Å². The van der Waals surface area contributed by atoms with Crippen LogP contribution >= 0.6 is 0 Å². The van der Waals surface area contributed by atoms with Crippen LogP contribution < -0.4 is 5.32 Å². The minimum absolute atomic E-state index is 0.274. The Balaban J connectivity index is 2.04. The quantitative estimate of drug-likeness (QED) is 0.827. The van der Waals surface area contributed by atoms with Crippen molar-refractivity contribution in [1.29, 1.82) is 0 Å². The van der Waals surface area contributed by atoms with Crippen LogP contribution in [0, 0.1) is 6.92 Å². The first-order valence-corrected chi connectivity index (χ1v) is 6.88. The van der Waals surface area contributed by atoms with Crippen LogP contribution in [-0.2, 0) is 19.1 Å². The molecule has 0 atom stereocenters. The third kappa shape index (κ3) is 4.26. The number of methoxy groups -OCH3 is 1. The van der Waals surface area contributed by atoms with Gasteiger partial charge in [0.1, 0.15) is 6.54 Å². The van der Waals surface area contributed by atoms with Gasteiger partial charge in [0.05, 0.1) is 18.2 Å². The minimum atomic E-state index is -0.625. The lowest BCUT2D eigenvalue weighted by atomic mass is 10.1. The molecule has 0 aliphatic heterocycles. The van der Waals surface area contributed by atoms with Crippen LogP contribution in [0.4, 0.5) is 0 Å². The number of carbonyl (C=O) groups is 3. The molecule has 7 nitrogen and oxygen atoms in total. The predicted octanol–water partition coefficient (Wildman–Crippen LogP) is 0.989. The molecular weight excluding hydrogens is 300 g/mol. The third-order valence-electron chi connectivity index (χ3n) is 3.06. The Morgan fingerprint density at radius 3 is 2.70 bits per heavy atom. The summed E-state index contributed by atoms with van der Waals surface area (Å²) >= 11 is 0. The summed E-state index contributed by atoms with van der Waals surface area (Å²) in [5.74, 6) is -1.79. The maximum atomic E-state index is 12.2. The number of aromatic nitrogens is 1. The molecule has 1 N–H and O–H groups in total. The van der Waals surface area contributed by atoms with Crippen molar-refractivity contribution in [1.82, 2.24) is 10.3 Å². The van der Waals surface area contributed by atoms with Gasteiger partial charge in [-0.1, -0.05) is 18.2 Å². The van der Waals surface area contributed by atoms with Gasteiger partial charge < -0.3 is 14.8 Å². The zero-order chi connectivity index (χ0) is 16.8. The Kier molecular flexibility index (Phi) is 5.24. The fourth-order valence-electron chi connectivity index (χ4n) is 1.98. The van der Waals surface area contributed by atoms with Gasteiger partial charge in [0, 0.05) is 11.1 Å². The summed E-state index contributed by atoms with van der Waals surface area (Å²) in [6, 6.07) is 8.78. The SMILES string of the molecule is COC(=O)CNC(=O)COC(=O)c1cc(C)nc2ccccc12. The smallest absolute Gasteiger partial charge is 0.339 e. The molecule has 1 amide bonds. The second-order valence-corrected chi connectivity index (χ2v) is 4.76. The van der Waals surface area contributed by atoms with E-state index in [9.17, 15) is 14.4 Å². The summed E-state index contributed by atoms with van der Waals surface area (Å²) in [4.78, 5) is 39.0. The Hall–Kier alpha value is -2.96. The van der Waals surface area contributed by atoms with Crippen LogP contribution in [0.1, 0.15) is 16.1 Å². The van der Waals surface area contributed by atoms with Crippen LogP contribution in [0.3, 0.4) is 0 Å². The highest BCUT2D eigenvalue weighted by molar-refractivity contribution is 6.04. The molecule has 0 fully saturated rings. The van der Waals surface area contributed by atoms with Crippen LogP contribution in [0.15, 0.2) is 30.3 Å². The van der Waals surface area contributed by atoms with Crippen LogP contribution in [0.5, 0.6) is 0 Å². The van der Waals surface area contributed by atoms with Gasteiger partial charge in [0.25, 0.3) is 5.91 Å². The number of pyridine rings is 1. The fourth-order valence-corrected chi connectivity index (χ4v) is 1.98. The lowest BCUT2D eigenvalue weighted by Crippen LogP contribution is -2.33. The molecule has 1 aromatic carbocycles. The average molecular weight is 316 g/mol. The van der Waals surface area contributed by atoms with Crippen molar-refractivity contribution >= 4 is 28.7 Å². The highest BCUT2D eigenvalue weighted by Crippen LogP contribution is 2.18. The van der Waals surface area contributed by atoms with Crippen molar-refractivity contribution in [3.8, 4) is 0 Å². The van der Waals surface area contributed by atoms with Gasteiger partial charge in [0.15, 0.2) is 6.61 Å². The standard InChI is InChI=1S/C16H16N2O5/c1-10-7-12(11-5-3-4-6-13(11)18-10)16(21)23-9-14(19)17-8-15(20)22-2/h3-7H,8-9H2,1-2H3,(H,17,19). The number of fused-ring (bicyclic) bond motifs is 1. The van der Waals surface area contributed by atoms with E-state index in [2.05, 4.69) is 15.0 Å². The first-order chi connectivity index (χ1) is 11.0. The molecule has 0 bridgehead atoms. The molecule has 0 saturated carbocycles. The molecule has 0 saturated heterocycles. The van der Waals surface area contributed by atoms with Crippen molar-refractivity contribution in [3.63, 3.8) is 0 Å². The number of carbonyl (C=O) groups excluding carboxylic acids is 3. The fraction of sp³-hybridized carbons (Fsp3) is 0.250. The number of aryl methyl sites for hydroxylation is 1. The number of ether oxygens (including phenoxy) is 2. The van der Waals surface area contributed by atoms with Crippen molar-refractivity contribution in [2.24, 2.45) is 0 Å². The van der Waals surface area contributed by atoms with E-state index in [1.165, 1.54) is 7.11 Å². The summed E-state index contributed by atoms with van der Waals surface area (Å²) in [5, 5.41) is 2.94. The van der Waals surface area contributed by atoms with Gasteiger partial charge in [-0.2, -0.15) is 0 Å². The minimum Gasteiger partial charge on any atom is -0.468 e. The third-order valence-corrected chi connectivity index (χ3v) is 3.06. The first-order valence-electron chi connectivity index (χ1n) is 6.88. The van der Waals surface area contributed by atoms with E-state index in [1.54, 1.807) is 31.2 Å². The van der Waals surface area contributed by atoms with Crippen LogP contribution in [0.25, 0.3) is 10.9 Å². The molecule has 0 radical (unpaired) electrons. The molecule has 2 rings (SSSR count). The molecule has 1 heterocycles. The molecule has 2 aromatic rings. The number of nitrogens with zero attached hydrogens (tertiary/aromatic N) is 1. The van der Waals surface area contributed by atoms with E-state index < -0.39 is 24.5 Å². The van der Waals surface area contributed by atoms with Gasteiger partial charge in [-0.05, 0) is 19.1 Å². The number of hydrogen-bond donors (Lipinski definition) is 1. The number of hydrogen-bond acceptors (Lipinski definition) is 6. The van der Waals surface area contributed by atoms with Crippen molar-refractivity contribution in [2.75, 3.05) is 20.3 Å². The van der Waals surface area contributed by atoms with Crippen molar-refractivity contribution < 1.29 is 23.9 Å². The second-order valence-electron chi connectivity index (χ2n) is 4.76. The van der Waals surface area contributed by atoms with E-state index in [-0.39, 0.29) is 6.54 Å². The summed E-state index contributed by atoms with van der Waals surface area (Å²) < 4.78 is 9.38. The van der Waals surface area contributed by atoms with E-state index in [1.807, 2.05) is 6.07 Å². The molecular formula is C16H16N2O5. The number of amides is 1. The molecule has 0 unspecified atom stereocenters. The lowest BCUT2D eigenvalue weighted by molar-refractivity contribution is -0.141. The Morgan fingerprint density at radius 1 is 1.22 bits per heavy atom. The van der Waals surface area contributed by atoms with E-state index in [4.69, 9.17) is 4.74 Å². The maximum Gasteiger partial charge on any atom is 0.339 e. The van der Waals surface area contributed by atoms with Crippen molar-refractivity contribution in [2.45, 2.75) is 6.92 Å². The zero-order valence-corrected chi connectivity index (χ0v) is 12.8. The van der Waals surface area contributed by atoms with E-state index in [0.29, 0.717) is 22.2 Å². The second kappa shape index (κ2) is 7.35. The molecule has 120 valence electrons. The number of esters is 2. The predicted molar refractivity (Wildman–Crippen MR) is 81.8 cm³/mol. The van der Waals surface area contributed by atoms with Gasteiger partial charge in [0.2, 0.25) is 0 Å². The molecule has 0 spiro atoms. The highest BCUT2D eigenvalue weighted by atomic mass is 16.5. The van der Waals surface area contributed by atoms with Gasteiger partial charge in [-0.15, -0.1) is 0 Å². The normalized spacial score (nSPS) is 10.2. The number of nitrogens with one attached hydrogen (secondary N) is 1. The highest BCUT2D eigenvalue weighted by Gasteiger charge is 2.15. The van der Waals surface area contributed by atoms with Crippen LogP contribution in [0.2, 0.25) is 0 Å². The Bertz CT molecular complexity index is 757. The Morgan fingerprint density at radius 2 is 1.96 bits per heavy atom. The largest absolute Gasteiger partial charge is 0.468 e. The summed E-state index contributed by atoms with van der Waals surface area (Å²) in [5.41, 5.74) is 1.69. The van der Waals surface area contributed by atoms with Crippen molar-refractivity contribution in [3.05, 3.63) is 41.6 Å².